The van der Waals surface area contributed by atoms with E-state index in [-0.39, 0.29) is 17.5 Å². The van der Waals surface area contributed by atoms with Gasteiger partial charge in [-0.3, -0.25) is 4.68 Å². The molecule has 0 aliphatic carbocycles. The molecule has 2 N–H and O–H groups in total. The van der Waals surface area contributed by atoms with Gasteiger partial charge in [0.1, 0.15) is 4.90 Å². The van der Waals surface area contributed by atoms with Gasteiger partial charge in [0.15, 0.2) is 0 Å². The molecule has 1 fully saturated rings. The number of aliphatic hydroxyl groups excluding tert-OH is 1. The standard InChI is InChI=1S/C9H15N3O3S2/c13-3-2-12-6-9(5-10-12)17(14,15)11-8-1-4-16-7-8/h5-6,8,11,13H,1-4,7H2. The van der Waals surface area contributed by atoms with E-state index in [1.54, 1.807) is 11.8 Å². The zero-order valence-electron chi connectivity index (χ0n) is 9.24. The molecule has 0 saturated carbocycles. The molecule has 0 aromatic carbocycles. The summed E-state index contributed by atoms with van der Waals surface area (Å²) in [6.07, 6.45) is 3.61. The van der Waals surface area contributed by atoms with Gasteiger partial charge in [-0.1, -0.05) is 0 Å². The first kappa shape index (κ1) is 12.9. The fourth-order valence-electron chi connectivity index (χ4n) is 1.62. The zero-order chi connectivity index (χ0) is 12.3. The Bertz CT molecular complexity index is 466. The number of aliphatic hydroxyl groups is 1. The largest absolute Gasteiger partial charge is 0.394 e. The Hall–Kier alpha value is -0.570. The fourth-order valence-corrected chi connectivity index (χ4v) is 4.10. The number of nitrogens with one attached hydrogen (secondary N) is 1. The highest BCUT2D eigenvalue weighted by Crippen LogP contribution is 2.19. The van der Waals surface area contributed by atoms with Crippen molar-refractivity contribution in [1.82, 2.24) is 14.5 Å². The Morgan fingerprint density at radius 2 is 2.47 bits per heavy atom. The first-order valence-corrected chi connectivity index (χ1v) is 7.99. The predicted octanol–water partition coefficient (Wildman–Crippen LogP) is -0.341. The average Bonchev–Trinajstić information content (AvgIpc) is 2.88. The topological polar surface area (TPSA) is 84.2 Å². The van der Waals surface area contributed by atoms with Crippen molar-refractivity contribution in [2.75, 3.05) is 18.1 Å². The van der Waals surface area contributed by atoms with Crippen molar-refractivity contribution >= 4 is 21.8 Å². The van der Waals surface area contributed by atoms with Gasteiger partial charge >= 0.3 is 0 Å². The molecule has 1 aromatic heterocycles. The van der Waals surface area contributed by atoms with Crippen LogP contribution >= 0.6 is 11.8 Å². The van der Waals surface area contributed by atoms with Crippen molar-refractivity contribution in [2.45, 2.75) is 23.9 Å². The van der Waals surface area contributed by atoms with Crippen LogP contribution < -0.4 is 4.72 Å². The van der Waals surface area contributed by atoms with Crippen LogP contribution in [0.2, 0.25) is 0 Å². The summed E-state index contributed by atoms with van der Waals surface area (Å²) in [5.41, 5.74) is 0. The van der Waals surface area contributed by atoms with Crippen molar-refractivity contribution in [3.8, 4) is 0 Å². The van der Waals surface area contributed by atoms with E-state index in [1.807, 2.05) is 0 Å². The molecule has 6 nitrogen and oxygen atoms in total. The maximum atomic E-state index is 12.0. The molecule has 0 bridgehead atoms. The second-order valence-electron chi connectivity index (χ2n) is 3.84. The maximum absolute atomic E-state index is 12.0. The summed E-state index contributed by atoms with van der Waals surface area (Å²) in [7, 11) is -3.47. The second kappa shape index (κ2) is 5.38. The number of nitrogens with zero attached hydrogens (tertiary/aromatic N) is 2. The van der Waals surface area contributed by atoms with Crippen LogP contribution in [0.5, 0.6) is 0 Å². The minimum absolute atomic E-state index is 0.0196. The highest BCUT2D eigenvalue weighted by atomic mass is 32.2. The SMILES string of the molecule is O=S(=O)(NC1CCSC1)c1cnn(CCO)c1. The molecule has 2 rings (SSSR count). The molecule has 2 heterocycles. The van der Waals surface area contributed by atoms with E-state index in [0.717, 1.165) is 17.9 Å². The van der Waals surface area contributed by atoms with Gasteiger partial charge in [-0.05, 0) is 12.2 Å². The maximum Gasteiger partial charge on any atom is 0.243 e. The van der Waals surface area contributed by atoms with Crippen molar-refractivity contribution in [2.24, 2.45) is 0 Å². The molecule has 1 atom stereocenters. The van der Waals surface area contributed by atoms with Crippen molar-refractivity contribution in [3.05, 3.63) is 12.4 Å². The quantitative estimate of drug-likeness (QED) is 0.769. The third kappa shape index (κ3) is 3.21. The number of rotatable bonds is 5. The van der Waals surface area contributed by atoms with Crippen LogP contribution in [-0.4, -0.2) is 47.5 Å². The average molecular weight is 277 g/mol. The third-order valence-corrected chi connectivity index (χ3v) is 5.14. The molecule has 1 unspecified atom stereocenters. The Labute approximate surface area is 104 Å². The second-order valence-corrected chi connectivity index (χ2v) is 6.71. The molecule has 1 aliphatic heterocycles. The van der Waals surface area contributed by atoms with Crippen LogP contribution in [-0.2, 0) is 16.6 Å². The van der Waals surface area contributed by atoms with Crippen molar-refractivity contribution in [3.63, 3.8) is 0 Å². The van der Waals surface area contributed by atoms with E-state index in [4.69, 9.17) is 5.11 Å². The predicted molar refractivity (Wildman–Crippen MR) is 65.4 cm³/mol. The molecule has 0 spiro atoms. The summed E-state index contributed by atoms with van der Waals surface area (Å²) in [6, 6.07) is 0.0196. The monoisotopic (exact) mass is 277 g/mol. The lowest BCUT2D eigenvalue weighted by atomic mass is 10.3. The van der Waals surface area contributed by atoms with Gasteiger partial charge in [-0.25, -0.2) is 13.1 Å². The molecule has 0 amide bonds. The number of sulfonamides is 1. The summed E-state index contributed by atoms with van der Waals surface area (Å²) in [5, 5.41) is 12.6. The summed E-state index contributed by atoms with van der Waals surface area (Å²) in [6.45, 7) is 0.239. The molecular weight excluding hydrogens is 262 g/mol. The number of hydrogen-bond donors (Lipinski definition) is 2. The van der Waals surface area contributed by atoms with E-state index in [9.17, 15) is 8.42 Å². The molecule has 1 aliphatic rings. The molecule has 0 radical (unpaired) electrons. The summed E-state index contributed by atoms with van der Waals surface area (Å²) >= 11 is 1.75. The van der Waals surface area contributed by atoms with E-state index < -0.39 is 10.0 Å². The molecule has 96 valence electrons. The lowest BCUT2D eigenvalue weighted by Crippen LogP contribution is -2.34. The summed E-state index contributed by atoms with van der Waals surface area (Å²) < 4.78 is 28.0. The highest BCUT2D eigenvalue weighted by Gasteiger charge is 2.24. The van der Waals surface area contributed by atoms with Gasteiger partial charge in [0.25, 0.3) is 0 Å². The van der Waals surface area contributed by atoms with Crippen LogP contribution in [0.4, 0.5) is 0 Å². The number of thioether (sulfide) groups is 1. The van der Waals surface area contributed by atoms with E-state index in [1.165, 1.54) is 17.1 Å². The van der Waals surface area contributed by atoms with Gasteiger partial charge in [-0.2, -0.15) is 16.9 Å². The Balaban J connectivity index is 2.07. The van der Waals surface area contributed by atoms with Crippen molar-refractivity contribution in [1.29, 1.82) is 0 Å². The van der Waals surface area contributed by atoms with Gasteiger partial charge in [0.05, 0.1) is 19.3 Å². The number of hydrogen-bond acceptors (Lipinski definition) is 5. The third-order valence-electron chi connectivity index (χ3n) is 2.50. The lowest BCUT2D eigenvalue weighted by molar-refractivity contribution is 0.269. The summed E-state index contributed by atoms with van der Waals surface area (Å²) in [4.78, 5) is 0.155. The van der Waals surface area contributed by atoms with Crippen LogP contribution in [0.15, 0.2) is 17.3 Å². The first-order chi connectivity index (χ1) is 8.12. The summed E-state index contributed by atoms with van der Waals surface area (Å²) in [5.74, 6) is 1.82. The van der Waals surface area contributed by atoms with Crippen LogP contribution in [0.3, 0.4) is 0 Å². The fraction of sp³-hybridized carbons (Fsp3) is 0.667. The minimum Gasteiger partial charge on any atom is -0.394 e. The van der Waals surface area contributed by atoms with Crippen LogP contribution in [0.1, 0.15) is 6.42 Å². The molecule has 1 saturated heterocycles. The zero-order valence-corrected chi connectivity index (χ0v) is 10.9. The Kier molecular flexibility index (Phi) is 4.08. The van der Waals surface area contributed by atoms with Gasteiger partial charge in [-0.15, -0.1) is 0 Å². The van der Waals surface area contributed by atoms with Crippen molar-refractivity contribution < 1.29 is 13.5 Å². The highest BCUT2D eigenvalue weighted by molar-refractivity contribution is 7.99. The lowest BCUT2D eigenvalue weighted by Gasteiger charge is -2.10. The first-order valence-electron chi connectivity index (χ1n) is 5.35. The van der Waals surface area contributed by atoms with Gasteiger partial charge in [0.2, 0.25) is 10.0 Å². The normalized spacial score (nSPS) is 20.9. The Morgan fingerprint density at radius 3 is 3.12 bits per heavy atom. The molecule has 17 heavy (non-hydrogen) atoms. The minimum atomic E-state index is -3.47. The van der Waals surface area contributed by atoms with Crippen LogP contribution in [0.25, 0.3) is 0 Å². The van der Waals surface area contributed by atoms with Gasteiger partial charge < -0.3 is 5.11 Å². The van der Waals surface area contributed by atoms with E-state index in [2.05, 4.69) is 9.82 Å². The van der Waals surface area contributed by atoms with E-state index >= 15 is 0 Å². The number of aromatic nitrogens is 2. The molecular formula is C9H15N3O3S2. The molecule has 1 aromatic rings. The van der Waals surface area contributed by atoms with E-state index in [0.29, 0.717) is 6.54 Å². The Morgan fingerprint density at radius 1 is 1.65 bits per heavy atom. The van der Waals surface area contributed by atoms with Crippen LogP contribution in [0, 0.1) is 0 Å². The van der Waals surface area contributed by atoms with Gasteiger partial charge in [0, 0.05) is 18.0 Å². The molecule has 8 heteroatoms. The smallest absolute Gasteiger partial charge is 0.243 e.